The van der Waals surface area contributed by atoms with E-state index in [1.165, 1.54) is 0 Å². The van der Waals surface area contributed by atoms with Crippen molar-refractivity contribution in [3.63, 3.8) is 0 Å². The Labute approximate surface area is 131 Å². The Kier molecular flexibility index (Phi) is 5.27. The third-order valence-corrected chi connectivity index (χ3v) is 3.63. The zero-order chi connectivity index (χ0) is 13.7. The number of hydrogen-bond acceptors (Lipinski definition) is 3. The molecular weight excluding hydrogens is 373 g/mol. The second-order valence-corrected chi connectivity index (χ2v) is 5.68. The second kappa shape index (κ2) is 6.96. The SMILES string of the molecule is CCCNc1cccc(Nc2ccc(Cl)cc2I)n1. The molecule has 1 aromatic heterocycles. The third-order valence-electron chi connectivity index (χ3n) is 2.50. The molecule has 0 spiro atoms. The number of hydrogen-bond donors (Lipinski definition) is 2. The molecule has 0 atom stereocenters. The van der Waals surface area contributed by atoms with Gasteiger partial charge in [-0.05, 0) is 59.3 Å². The molecule has 0 saturated heterocycles. The maximum atomic E-state index is 5.94. The van der Waals surface area contributed by atoms with E-state index in [1.807, 2.05) is 36.4 Å². The molecule has 1 heterocycles. The van der Waals surface area contributed by atoms with Gasteiger partial charge in [0.2, 0.25) is 0 Å². The fourth-order valence-corrected chi connectivity index (χ4v) is 2.59. The summed E-state index contributed by atoms with van der Waals surface area (Å²) in [4.78, 5) is 4.51. The Morgan fingerprint density at radius 1 is 1.21 bits per heavy atom. The number of nitrogens with one attached hydrogen (secondary N) is 2. The summed E-state index contributed by atoms with van der Waals surface area (Å²) < 4.78 is 1.07. The molecular formula is C14H15ClIN3. The van der Waals surface area contributed by atoms with E-state index >= 15 is 0 Å². The summed E-state index contributed by atoms with van der Waals surface area (Å²) in [6.45, 7) is 3.06. The van der Waals surface area contributed by atoms with Crippen molar-refractivity contribution in [1.29, 1.82) is 0 Å². The molecule has 5 heteroatoms. The first-order valence-electron chi connectivity index (χ1n) is 6.12. The van der Waals surface area contributed by atoms with Crippen LogP contribution in [0.5, 0.6) is 0 Å². The molecule has 2 aromatic rings. The average Bonchev–Trinajstić information content (AvgIpc) is 2.40. The minimum atomic E-state index is 0.737. The van der Waals surface area contributed by atoms with Gasteiger partial charge in [0.1, 0.15) is 11.6 Å². The monoisotopic (exact) mass is 387 g/mol. The van der Waals surface area contributed by atoms with Crippen LogP contribution in [0, 0.1) is 3.57 Å². The Balaban J connectivity index is 2.14. The fourth-order valence-electron chi connectivity index (χ4n) is 1.58. The van der Waals surface area contributed by atoms with E-state index in [2.05, 4.69) is 45.1 Å². The van der Waals surface area contributed by atoms with Crippen molar-refractivity contribution in [1.82, 2.24) is 4.98 Å². The lowest BCUT2D eigenvalue weighted by atomic mass is 10.3. The molecule has 0 aliphatic carbocycles. The van der Waals surface area contributed by atoms with Crippen LogP contribution in [-0.2, 0) is 0 Å². The first-order valence-corrected chi connectivity index (χ1v) is 7.57. The summed E-state index contributed by atoms with van der Waals surface area (Å²) in [6, 6.07) is 11.6. The average molecular weight is 388 g/mol. The first-order chi connectivity index (χ1) is 9.19. The minimum Gasteiger partial charge on any atom is -0.370 e. The van der Waals surface area contributed by atoms with Gasteiger partial charge >= 0.3 is 0 Å². The molecule has 100 valence electrons. The number of rotatable bonds is 5. The van der Waals surface area contributed by atoms with E-state index in [4.69, 9.17) is 11.6 Å². The number of halogens is 2. The molecule has 0 radical (unpaired) electrons. The predicted molar refractivity (Wildman–Crippen MR) is 90.5 cm³/mol. The van der Waals surface area contributed by atoms with Gasteiger partial charge in [0.05, 0.1) is 5.69 Å². The maximum Gasteiger partial charge on any atom is 0.132 e. The number of nitrogens with zero attached hydrogens (tertiary/aromatic N) is 1. The highest BCUT2D eigenvalue weighted by Gasteiger charge is 2.02. The van der Waals surface area contributed by atoms with E-state index in [9.17, 15) is 0 Å². The minimum absolute atomic E-state index is 0.737. The molecule has 0 amide bonds. The normalized spacial score (nSPS) is 10.3. The first kappa shape index (κ1) is 14.4. The van der Waals surface area contributed by atoms with Gasteiger partial charge in [0.25, 0.3) is 0 Å². The van der Waals surface area contributed by atoms with Crippen LogP contribution < -0.4 is 10.6 Å². The van der Waals surface area contributed by atoms with Crippen LogP contribution in [0.3, 0.4) is 0 Å². The van der Waals surface area contributed by atoms with Gasteiger partial charge < -0.3 is 10.6 Å². The highest BCUT2D eigenvalue weighted by Crippen LogP contribution is 2.25. The molecule has 0 unspecified atom stereocenters. The number of anilines is 3. The van der Waals surface area contributed by atoms with E-state index < -0.39 is 0 Å². The largest absolute Gasteiger partial charge is 0.370 e. The Bertz CT molecular complexity index is 560. The quantitative estimate of drug-likeness (QED) is 0.716. The number of benzene rings is 1. The Morgan fingerprint density at radius 3 is 2.74 bits per heavy atom. The molecule has 0 aliphatic rings. The smallest absolute Gasteiger partial charge is 0.132 e. The van der Waals surface area contributed by atoms with Crippen molar-refractivity contribution in [3.8, 4) is 0 Å². The lowest BCUT2D eigenvalue weighted by molar-refractivity contribution is 0.970. The van der Waals surface area contributed by atoms with E-state index in [1.54, 1.807) is 0 Å². The Morgan fingerprint density at radius 2 is 2.00 bits per heavy atom. The summed E-state index contributed by atoms with van der Waals surface area (Å²) in [5.74, 6) is 1.71. The zero-order valence-electron chi connectivity index (χ0n) is 10.6. The lowest BCUT2D eigenvalue weighted by Crippen LogP contribution is -2.03. The molecule has 0 aliphatic heterocycles. The van der Waals surface area contributed by atoms with Crippen molar-refractivity contribution in [2.24, 2.45) is 0 Å². The van der Waals surface area contributed by atoms with Gasteiger partial charge in [0, 0.05) is 15.1 Å². The maximum absolute atomic E-state index is 5.94. The molecule has 0 bridgehead atoms. The summed E-state index contributed by atoms with van der Waals surface area (Å²) >= 11 is 8.20. The third kappa shape index (κ3) is 4.24. The Hall–Kier alpha value is -1.01. The van der Waals surface area contributed by atoms with Crippen LogP contribution in [0.2, 0.25) is 5.02 Å². The topological polar surface area (TPSA) is 37.0 Å². The molecule has 2 N–H and O–H groups in total. The lowest BCUT2D eigenvalue weighted by Gasteiger charge is -2.10. The summed E-state index contributed by atoms with van der Waals surface area (Å²) in [6.07, 6.45) is 1.08. The number of aromatic nitrogens is 1. The fraction of sp³-hybridized carbons (Fsp3) is 0.214. The van der Waals surface area contributed by atoms with Gasteiger partial charge in [0.15, 0.2) is 0 Å². The standard InChI is InChI=1S/C14H15ClIN3/c1-2-8-17-13-4-3-5-14(19-13)18-12-7-6-10(15)9-11(12)16/h3-7,9H,2,8H2,1H3,(H2,17,18,19). The van der Waals surface area contributed by atoms with Crippen LogP contribution >= 0.6 is 34.2 Å². The van der Waals surface area contributed by atoms with Gasteiger partial charge in [-0.25, -0.2) is 4.98 Å². The van der Waals surface area contributed by atoms with Crippen LogP contribution in [0.1, 0.15) is 13.3 Å². The van der Waals surface area contributed by atoms with Gasteiger partial charge in [-0.15, -0.1) is 0 Å². The highest BCUT2D eigenvalue weighted by molar-refractivity contribution is 14.1. The highest BCUT2D eigenvalue weighted by atomic mass is 127. The molecule has 0 fully saturated rings. The molecule has 0 saturated carbocycles. The van der Waals surface area contributed by atoms with Gasteiger partial charge in [-0.3, -0.25) is 0 Å². The van der Waals surface area contributed by atoms with Crippen molar-refractivity contribution < 1.29 is 0 Å². The molecule has 3 nitrogen and oxygen atoms in total. The van der Waals surface area contributed by atoms with Gasteiger partial charge in [-0.2, -0.15) is 0 Å². The zero-order valence-corrected chi connectivity index (χ0v) is 13.5. The molecule has 19 heavy (non-hydrogen) atoms. The van der Waals surface area contributed by atoms with Crippen molar-refractivity contribution in [2.75, 3.05) is 17.2 Å². The second-order valence-electron chi connectivity index (χ2n) is 4.08. The van der Waals surface area contributed by atoms with Crippen LogP contribution in [0.25, 0.3) is 0 Å². The van der Waals surface area contributed by atoms with Crippen LogP contribution in [0.15, 0.2) is 36.4 Å². The van der Waals surface area contributed by atoms with Crippen LogP contribution in [-0.4, -0.2) is 11.5 Å². The summed E-state index contributed by atoms with van der Waals surface area (Å²) in [5.41, 5.74) is 1.00. The summed E-state index contributed by atoms with van der Waals surface area (Å²) in [7, 11) is 0. The predicted octanol–water partition coefficient (Wildman–Crippen LogP) is 4.91. The van der Waals surface area contributed by atoms with Crippen molar-refractivity contribution >= 4 is 51.5 Å². The number of pyridine rings is 1. The van der Waals surface area contributed by atoms with E-state index in [0.29, 0.717) is 0 Å². The summed E-state index contributed by atoms with van der Waals surface area (Å²) in [5, 5.41) is 7.31. The van der Waals surface area contributed by atoms with E-state index in [0.717, 1.165) is 38.9 Å². The molecule has 1 aromatic carbocycles. The van der Waals surface area contributed by atoms with Gasteiger partial charge in [-0.1, -0.05) is 24.6 Å². The molecule has 2 rings (SSSR count). The van der Waals surface area contributed by atoms with Crippen LogP contribution in [0.4, 0.5) is 17.3 Å². The van der Waals surface area contributed by atoms with Crippen molar-refractivity contribution in [2.45, 2.75) is 13.3 Å². The van der Waals surface area contributed by atoms with Crippen molar-refractivity contribution in [3.05, 3.63) is 45.0 Å². The van der Waals surface area contributed by atoms with E-state index in [-0.39, 0.29) is 0 Å².